The van der Waals surface area contributed by atoms with Crippen LogP contribution in [0.1, 0.15) is 12.0 Å². The number of benzene rings is 2. The summed E-state index contributed by atoms with van der Waals surface area (Å²) >= 11 is 5.96. The van der Waals surface area contributed by atoms with Gasteiger partial charge in [0.05, 0.1) is 11.3 Å². The van der Waals surface area contributed by atoms with Crippen molar-refractivity contribution in [3.05, 3.63) is 59.1 Å². The van der Waals surface area contributed by atoms with Crippen LogP contribution in [0.5, 0.6) is 0 Å². The van der Waals surface area contributed by atoms with E-state index in [4.69, 9.17) is 11.6 Å². The van der Waals surface area contributed by atoms with Crippen molar-refractivity contribution in [3.63, 3.8) is 0 Å². The summed E-state index contributed by atoms with van der Waals surface area (Å²) in [6, 6.07) is 18.4. The molecule has 0 spiro atoms. The zero-order valence-corrected chi connectivity index (χ0v) is 12.3. The topological polar surface area (TPSA) is 39.1 Å². The Morgan fingerprint density at radius 2 is 2.00 bits per heavy atom. The van der Waals surface area contributed by atoms with E-state index in [1.807, 2.05) is 30.3 Å². The van der Waals surface area contributed by atoms with Gasteiger partial charge in [-0.3, -0.25) is 0 Å². The molecule has 106 valence electrons. The average Bonchev–Trinajstić information content (AvgIpc) is 2.96. The molecule has 0 amide bonds. The SMILES string of the molecule is N#Cc1cc(Cl)ccc1N1CCC(Nc2ccccc2)C1. The van der Waals surface area contributed by atoms with Crippen molar-refractivity contribution >= 4 is 23.0 Å². The third kappa shape index (κ3) is 3.12. The molecule has 2 aromatic carbocycles. The van der Waals surface area contributed by atoms with Gasteiger partial charge >= 0.3 is 0 Å². The molecule has 1 aliphatic heterocycles. The Balaban J connectivity index is 1.71. The van der Waals surface area contributed by atoms with E-state index in [0.29, 0.717) is 16.6 Å². The molecule has 21 heavy (non-hydrogen) atoms. The van der Waals surface area contributed by atoms with Gasteiger partial charge in [0.15, 0.2) is 0 Å². The third-order valence-electron chi connectivity index (χ3n) is 3.75. The summed E-state index contributed by atoms with van der Waals surface area (Å²) < 4.78 is 0. The summed E-state index contributed by atoms with van der Waals surface area (Å²) in [7, 11) is 0. The van der Waals surface area contributed by atoms with Crippen LogP contribution in [-0.4, -0.2) is 19.1 Å². The quantitative estimate of drug-likeness (QED) is 0.934. The molecule has 0 bridgehead atoms. The molecule has 4 heteroatoms. The van der Waals surface area contributed by atoms with Crippen LogP contribution in [0.4, 0.5) is 11.4 Å². The summed E-state index contributed by atoms with van der Waals surface area (Å²) in [6.07, 6.45) is 1.06. The van der Waals surface area contributed by atoms with Gasteiger partial charge in [0.25, 0.3) is 0 Å². The first kappa shape index (κ1) is 13.8. The van der Waals surface area contributed by atoms with E-state index >= 15 is 0 Å². The molecule has 1 unspecified atom stereocenters. The van der Waals surface area contributed by atoms with Crippen molar-refractivity contribution in [3.8, 4) is 6.07 Å². The van der Waals surface area contributed by atoms with E-state index in [0.717, 1.165) is 30.9 Å². The van der Waals surface area contributed by atoms with Crippen molar-refractivity contribution in [2.24, 2.45) is 0 Å². The van der Waals surface area contributed by atoms with E-state index in [-0.39, 0.29) is 0 Å². The highest BCUT2D eigenvalue weighted by Crippen LogP contribution is 2.27. The van der Waals surface area contributed by atoms with Crippen molar-refractivity contribution < 1.29 is 0 Å². The molecule has 0 saturated carbocycles. The lowest BCUT2D eigenvalue weighted by atomic mass is 10.2. The van der Waals surface area contributed by atoms with Gasteiger partial charge in [0, 0.05) is 29.8 Å². The Hall–Kier alpha value is -2.18. The van der Waals surface area contributed by atoms with E-state index < -0.39 is 0 Å². The fourth-order valence-electron chi connectivity index (χ4n) is 2.74. The number of anilines is 2. The lowest BCUT2D eigenvalue weighted by molar-refractivity contribution is 0.807. The van der Waals surface area contributed by atoms with Crippen molar-refractivity contribution in [1.29, 1.82) is 5.26 Å². The fourth-order valence-corrected chi connectivity index (χ4v) is 2.91. The number of para-hydroxylation sites is 1. The molecule has 1 fully saturated rings. The molecule has 1 atom stereocenters. The highest BCUT2D eigenvalue weighted by Gasteiger charge is 2.24. The molecule has 1 heterocycles. The van der Waals surface area contributed by atoms with Crippen LogP contribution < -0.4 is 10.2 Å². The second-order valence-electron chi connectivity index (χ2n) is 5.22. The van der Waals surface area contributed by atoms with Crippen LogP contribution in [0.15, 0.2) is 48.5 Å². The van der Waals surface area contributed by atoms with Crippen LogP contribution in [0, 0.1) is 11.3 Å². The smallest absolute Gasteiger partial charge is 0.101 e. The average molecular weight is 298 g/mol. The molecule has 3 rings (SSSR count). The first-order valence-corrected chi connectivity index (χ1v) is 7.40. The Kier molecular flexibility index (Phi) is 3.98. The highest BCUT2D eigenvalue weighted by atomic mass is 35.5. The maximum Gasteiger partial charge on any atom is 0.101 e. The maximum absolute atomic E-state index is 9.25. The minimum atomic E-state index is 0.398. The number of nitriles is 1. The molecule has 1 saturated heterocycles. The normalized spacial score (nSPS) is 17.5. The van der Waals surface area contributed by atoms with E-state index in [1.54, 1.807) is 6.07 Å². The van der Waals surface area contributed by atoms with Crippen molar-refractivity contribution in [1.82, 2.24) is 0 Å². The van der Waals surface area contributed by atoms with E-state index in [9.17, 15) is 5.26 Å². The summed E-state index contributed by atoms with van der Waals surface area (Å²) in [4.78, 5) is 2.25. The van der Waals surface area contributed by atoms with Gasteiger partial charge < -0.3 is 10.2 Å². The van der Waals surface area contributed by atoms with Gasteiger partial charge in [-0.1, -0.05) is 29.8 Å². The first-order chi connectivity index (χ1) is 10.3. The number of hydrogen-bond donors (Lipinski definition) is 1. The van der Waals surface area contributed by atoms with Gasteiger partial charge in [-0.15, -0.1) is 0 Å². The molecule has 0 radical (unpaired) electrons. The standard InChI is InChI=1S/C17H16ClN3/c18-14-6-7-17(13(10-14)11-19)21-9-8-16(12-21)20-15-4-2-1-3-5-15/h1-7,10,16,20H,8-9,12H2. The van der Waals surface area contributed by atoms with Gasteiger partial charge in [-0.05, 0) is 36.8 Å². The van der Waals surface area contributed by atoms with Crippen LogP contribution in [0.2, 0.25) is 5.02 Å². The van der Waals surface area contributed by atoms with E-state index in [1.165, 1.54) is 0 Å². The van der Waals surface area contributed by atoms with Crippen molar-refractivity contribution in [2.75, 3.05) is 23.3 Å². The van der Waals surface area contributed by atoms with E-state index in [2.05, 4.69) is 28.4 Å². The summed E-state index contributed by atoms with van der Waals surface area (Å²) in [5, 5.41) is 13.4. The lowest BCUT2D eigenvalue weighted by Gasteiger charge is -2.20. The minimum Gasteiger partial charge on any atom is -0.380 e. The summed E-state index contributed by atoms with van der Waals surface area (Å²) in [5.41, 5.74) is 2.75. The number of hydrogen-bond acceptors (Lipinski definition) is 3. The number of rotatable bonds is 3. The Morgan fingerprint density at radius 1 is 1.19 bits per heavy atom. The second-order valence-corrected chi connectivity index (χ2v) is 5.65. The molecule has 1 aliphatic rings. The predicted octanol–water partition coefficient (Wildman–Crippen LogP) is 3.90. The summed E-state index contributed by atoms with van der Waals surface area (Å²) in [5.74, 6) is 0. The van der Waals surface area contributed by atoms with Crippen LogP contribution in [-0.2, 0) is 0 Å². The largest absolute Gasteiger partial charge is 0.380 e. The molecule has 0 aliphatic carbocycles. The predicted molar refractivity (Wildman–Crippen MR) is 86.8 cm³/mol. The Morgan fingerprint density at radius 3 is 2.76 bits per heavy atom. The third-order valence-corrected chi connectivity index (χ3v) is 3.99. The van der Waals surface area contributed by atoms with Crippen LogP contribution in [0.25, 0.3) is 0 Å². The van der Waals surface area contributed by atoms with Crippen LogP contribution >= 0.6 is 11.6 Å². The molecule has 3 nitrogen and oxygen atoms in total. The number of nitrogens with one attached hydrogen (secondary N) is 1. The van der Waals surface area contributed by atoms with Gasteiger partial charge in [-0.2, -0.15) is 5.26 Å². The zero-order valence-electron chi connectivity index (χ0n) is 11.6. The Labute approximate surface area is 129 Å². The maximum atomic E-state index is 9.25. The second kappa shape index (κ2) is 6.07. The molecule has 2 aromatic rings. The van der Waals surface area contributed by atoms with Gasteiger partial charge in [-0.25, -0.2) is 0 Å². The van der Waals surface area contributed by atoms with Gasteiger partial charge in [0.2, 0.25) is 0 Å². The number of halogens is 1. The van der Waals surface area contributed by atoms with Crippen LogP contribution in [0.3, 0.4) is 0 Å². The monoisotopic (exact) mass is 297 g/mol. The van der Waals surface area contributed by atoms with Crippen molar-refractivity contribution in [2.45, 2.75) is 12.5 Å². The number of nitrogens with zero attached hydrogens (tertiary/aromatic N) is 2. The Bertz CT molecular complexity index is 663. The van der Waals surface area contributed by atoms with Gasteiger partial charge in [0.1, 0.15) is 6.07 Å². The highest BCUT2D eigenvalue weighted by molar-refractivity contribution is 6.30. The minimum absolute atomic E-state index is 0.398. The fraction of sp³-hybridized carbons (Fsp3) is 0.235. The lowest BCUT2D eigenvalue weighted by Crippen LogP contribution is -2.26. The molecule has 0 aromatic heterocycles. The zero-order chi connectivity index (χ0) is 14.7. The molecule has 1 N–H and O–H groups in total. The summed E-state index contributed by atoms with van der Waals surface area (Å²) in [6.45, 7) is 1.84. The molecular weight excluding hydrogens is 282 g/mol. The molecular formula is C17H16ClN3. The first-order valence-electron chi connectivity index (χ1n) is 7.02.